The molecule has 0 aliphatic heterocycles. The van der Waals surface area contributed by atoms with Crippen LogP contribution in [-0.4, -0.2) is 80.0 Å². The summed E-state index contributed by atoms with van der Waals surface area (Å²) < 4.78 is 0. The van der Waals surface area contributed by atoms with E-state index in [1.165, 1.54) is 0 Å². The minimum atomic E-state index is -4.66. The third-order valence-electron chi connectivity index (χ3n) is 1.12. The molecule has 0 fully saturated rings. The molecule has 0 spiro atoms. The first-order valence-corrected chi connectivity index (χ1v) is 5.33. The molecule has 0 heterocycles. The van der Waals surface area contributed by atoms with Crippen molar-refractivity contribution in [1.29, 1.82) is 0 Å². The Balaban J connectivity index is 0. The van der Waals surface area contributed by atoms with E-state index in [0.717, 1.165) is 0 Å². The van der Waals surface area contributed by atoms with Crippen molar-refractivity contribution < 1.29 is 24.9 Å². The van der Waals surface area contributed by atoms with Crippen molar-refractivity contribution in [3.63, 3.8) is 0 Å². The summed E-state index contributed by atoms with van der Waals surface area (Å²) in [7, 11) is -4.66. The van der Waals surface area contributed by atoms with Gasteiger partial charge in [-0.3, -0.25) is 0 Å². The molecule has 0 aromatic carbocycles. The second kappa shape index (κ2) is 5.07. The summed E-state index contributed by atoms with van der Waals surface area (Å²) in [5.41, 5.74) is 0. The summed E-state index contributed by atoms with van der Waals surface area (Å²) in [6, 6.07) is 0. The molecule has 0 saturated carbocycles. The number of aliphatic hydroxyl groups is 2. The number of hydrogen-bond acceptors (Lipinski definition) is 5. The summed E-state index contributed by atoms with van der Waals surface area (Å²) >= 11 is 0. The van der Waals surface area contributed by atoms with Gasteiger partial charge in [-0.2, -0.15) is 0 Å². The molecule has 5 nitrogen and oxygen atoms in total. The van der Waals surface area contributed by atoms with Crippen LogP contribution >= 0.6 is 7.28 Å². The quantitative estimate of drug-likeness (QED) is 0.255. The third-order valence-corrected chi connectivity index (χ3v) is 3.35. The Labute approximate surface area is 87.1 Å². The fraction of sp³-hybridized carbons (Fsp3) is 1.00. The standard InChI is InChI=1S/C4H13O5P.Na.H/c5-1-3-10(7,8,9)4-2-6;;/h5-9H,1-4H2;;. The van der Waals surface area contributed by atoms with E-state index < -0.39 is 32.8 Å². The summed E-state index contributed by atoms with van der Waals surface area (Å²) in [4.78, 5) is 26.7. The molecule has 0 rings (SSSR count). The van der Waals surface area contributed by atoms with Crippen molar-refractivity contribution in [3.05, 3.63) is 0 Å². The van der Waals surface area contributed by atoms with Gasteiger partial charge < -0.3 is 0 Å². The zero-order valence-corrected chi connectivity index (χ0v) is 6.41. The molecular weight excluding hydrogens is 182 g/mol. The van der Waals surface area contributed by atoms with E-state index in [1.54, 1.807) is 0 Å². The molecule has 0 aromatic rings. The van der Waals surface area contributed by atoms with Crippen molar-refractivity contribution >= 4 is 36.8 Å². The summed E-state index contributed by atoms with van der Waals surface area (Å²) in [5.74, 6) is 0. The van der Waals surface area contributed by atoms with Crippen LogP contribution in [0.15, 0.2) is 0 Å². The first-order chi connectivity index (χ1) is 4.39. The first kappa shape index (κ1) is 14.7. The molecule has 0 atom stereocenters. The van der Waals surface area contributed by atoms with E-state index in [4.69, 9.17) is 24.9 Å². The van der Waals surface area contributed by atoms with Crippen LogP contribution in [-0.2, 0) is 0 Å². The zero-order chi connectivity index (χ0) is 8.28. The molecule has 7 heteroatoms. The Morgan fingerprint density at radius 2 is 1.09 bits per heavy atom. The number of rotatable bonds is 4. The van der Waals surface area contributed by atoms with Gasteiger partial charge in [0.2, 0.25) is 0 Å². The Bertz CT molecular complexity index is 101. The van der Waals surface area contributed by atoms with Crippen LogP contribution in [0.5, 0.6) is 0 Å². The maximum absolute atomic E-state index is 8.90. The van der Waals surface area contributed by atoms with Gasteiger partial charge in [0, 0.05) is 0 Å². The van der Waals surface area contributed by atoms with E-state index in [2.05, 4.69) is 0 Å². The molecule has 11 heavy (non-hydrogen) atoms. The number of aliphatic hydroxyl groups excluding tert-OH is 2. The fourth-order valence-electron chi connectivity index (χ4n) is 0.522. The molecule has 0 aliphatic rings. The molecule has 0 aliphatic carbocycles. The molecule has 0 amide bonds. The van der Waals surface area contributed by atoms with Gasteiger partial charge in [-0.05, 0) is 0 Å². The third kappa shape index (κ3) is 7.59. The van der Waals surface area contributed by atoms with Gasteiger partial charge in [-0.15, -0.1) is 0 Å². The monoisotopic (exact) mass is 196 g/mol. The molecule has 66 valence electrons. The van der Waals surface area contributed by atoms with E-state index in [0.29, 0.717) is 0 Å². The van der Waals surface area contributed by atoms with Gasteiger partial charge in [-0.25, -0.2) is 0 Å². The van der Waals surface area contributed by atoms with Crippen molar-refractivity contribution in [3.8, 4) is 0 Å². The maximum atomic E-state index is 8.90. The van der Waals surface area contributed by atoms with Gasteiger partial charge in [0.1, 0.15) is 0 Å². The molecule has 0 radical (unpaired) electrons. The van der Waals surface area contributed by atoms with Crippen LogP contribution in [0.4, 0.5) is 0 Å². The van der Waals surface area contributed by atoms with Gasteiger partial charge in [0.05, 0.1) is 0 Å². The summed E-state index contributed by atoms with van der Waals surface area (Å²) in [6.45, 7) is -0.997. The zero-order valence-electron chi connectivity index (χ0n) is 5.51. The van der Waals surface area contributed by atoms with Crippen LogP contribution in [0.25, 0.3) is 0 Å². The molecular formula is C4H14NaO5P. The SMILES string of the molecule is OCCP(O)(O)(O)CCO.[NaH]. The van der Waals surface area contributed by atoms with Gasteiger partial charge >= 0.3 is 87.3 Å². The minimum absolute atomic E-state index is 0. The number of hydrogen-bond donors (Lipinski definition) is 5. The van der Waals surface area contributed by atoms with Gasteiger partial charge in [-0.1, -0.05) is 0 Å². The molecule has 5 N–H and O–H groups in total. The molecule has 0 bridgehead atoms. The van der Waals surface area contributed by atoms with Crippen LogP contribution in [0.1, 0.15) is 0 Å². The van der Waals surface area contributed by atoms with Crippen molar-refractivity contribution in [2.24, 2.45) is 0 Å². The molecule has 0 unspecified atom stereocenters. The van der Waals surface area contributed by atoms with Gasteiger partial charge in [0.25, 0.3) is 0 Å². The average Bonchev–Trinajstić information content (AvgIpc) is 1.61. The van der Waals surface area contributed by atoms with Crippen LogP contribution in [0.3, 0.4) is 0 Å². The van der Waals surface area contributed by atoms with Crippen LogP contribution < -0.4 is 0 Å². The summed E-state index contributed by atoms with van der Waals surface area (Å²) in [5, 5.41) is 16.5. The second-order valence-corrected chi connectivity index (χ2v) is 5.81. The predicted octanol–water partition coefficient (Wildman–Crippen LogP) is -2.40. The predicted molar refractivity (Wildman–Crippen MR) is 44.6 cm³/mol. The summed E-state index contributed by atoms with van der Waals surface area (Å²) in [6.07, 6.45) is -0.932. The average molecular weight is 196 g/mol. The Hall–Kier alpha value is 1.23. The van der Waals surface area contributed by atoms with Crippen LogP contribution in [0.2, 0.25) is 0 Å². The second-order valence-electron chi connectivity index (χ2n) is 2.23. The van der Waals surface area contributed by atoms with E-state index in [-0.39, 0.29) is 29.6 Å². The normalized spacial score (nSPS) is 14.8. The van der Waals surface area contributed by atoms with E-state index in [1.807, 2.05) is 0 Å². The van der Waals surface area contributed by atoms with E-state index >= 15 is 0 Å². The Morgan fingerprint density at radius 3 is 1.27 bits per heavy atom. The molecule has 0 saturated heterocycles. The Morgan fingerprint density at radius 1 is 0.818 bits per heavy atom. The van der Waals surface area contributed by atoms with Crippen molar-refractivity contribution in [2.75, 3.05) is 25.5 Å². The molecule has 0 aromatic heterocycles. The van der Waals surface area contributed by atoms with E-state index in [9.17, 15) is 0 Å². The first-order valence-electron chi connectivity index (χ1n) is 2.86. The fourth-order valence-corrected chi connectivity index (χ4v) is 1.56. The Kier molecular flexibility index (Phi) is 6.79. The van der Waals surface area contributed by atoms with Crippen LogP contribution in [0, 0.1) is 0 Å². The van der Waals surface area contributed by atoms with Gasteiger partial charge in [0.15, 0.2) is 0 Å². The van der Waals surface area contributed by atoms with Crippen molar-refractivity contribution in [2.45, 2.75) is 0 Å². The topological polar surface area (TPSA) is 101 Å². The van der Waals surface area contributed by atoms with Crippen molar-refractivity contribution in [1.82, 2.24) is 0 Å².